The molecule has 0 heterocycles. The molecule has 2 atom stereocenters. The van der Waals surface area contributed by atoms with Gasteiger partial charge in [0.2, 0.25) is 0 Å². The summed E-state index contributed by atoms with van der Waals surface area (Å²) in [6.45, 7) is 4.42. The van der Waals surface area contributed by atoms with E-state index in [2.05, 4.69) is 29.8 Å². The molecule has 0 aromatic carbocycles. The SMILES string of the molecule is CC1(C)[C@H]2CC=C(Br)C(=O)[C@@H]1C2. The molecule has 0 spiro atoms. The van der Waals surface area contributed by atoms with Gasteiger partial charge in [0, 0.05) is 5.92 Å². The van der Waals surface area contributed by atoms with E-state index in [9.17, 15) is 4.79 Å². The van der Waals surface area contributed by atoms with Crippen molar-refractivity contribution in [1.29, 1.82) is 0 Å². The van der Waals surface area contributed by atoms with E-state index in [1.54, 1.807) is 0 Å². The molecule has 0 aliphatic heterocycles. The number of carbonyl (C=O) groups is 1. The minimum atomic E-state index is 0.239. The van der Waals surface area contributed by atoms with Crippen LogP contribution in [0.5, 0.6) is 0 Å². The van der Waals surface area contributed by atoms with Gasteiger partial charge in [-0.3, -0.25) is 4.79 Å². The topological polar surface area (TPSA) is 17.1 Å². The maximum atomic E-state index is 11.7. The lowest BCUT2D eigenvalue weighted by molar-refractivity contribution is -0.132. The van der Waals surface area contributed by atoms with Crippen LogP contribution in [0.2, 0.25) is 0 Å². The van der Waals surface area contributed by atoms with Crippen molar-refractivity contribution >= 4 is 21.7 Å². The molecular weight excluding hydrogens is 216 g/mol. The molecule has 66 valence electrons. The Morgan fingerprint density at radius 3 is 2.83 bits per heavy atom. The molecule has 3 rings (SSSR count). The lowest BCUT2D eigenvalue weighted by Gasteiger charge is -2.50. The van der Waals surface area contributed by atoms with Gasteiger partial charge in [0.1, 0.15) is 0 Å². The monoisotopic (exact) mass is 228 g/mol. The van der Waals surface area contributed by atoms with Crippen LogP contribution in [0, 0.1) is 17.3 Å². The van der Waals surface area contributed by atoms with Gasteiger partial charge in [-0.15, -0.1) is 0 Å². The number of ketones is 1. The fraction of sp³-hybridized carbons (Fsp3) is 0.700. The molecule has 2 heteroatoms. The highest BCUT2D eigenvalue weighted by Gasteiger charge is 2.52. The highest BCUT2D eigenvalue weighted by atomic mass is 79.9. The van der Waals surface area contributed by atoms with E-state index in [1.165, 1.54) is 0 Å². The predicted molar refractivity (Wildman–Crippen MR) is 52.0 cm³/mol. The van der Waals surface area contributed by atoms with Gasteiger partial charge in [-0.1, -0.05) is 19.9 Å². The number of hydrogen-bond donors (Lipinski definition) is 0. The quantitative estimate of drug-likeness (QED) is 0.624. The molecule has 0 N–H and O–H groups in total. The number of allylic oxidation sites excluding steroid dienone is 2. The zero-order valence-electron chi connectivity index (χ0n) is 7.43. The Morgan fingerprint density at radius 1 is 1.58 bits per heavy atom. The first kappa shape index (κ1) is 8.49. The van der Waals surface area contributed by atoms with Gasteiger partial charge in [-0.05, 0) is 40.1 Å². The number of rotatable bonds is 0. The molecule has 12 heavy (non-hydrogen) atoms. The average Bonchev–Trinajstić information content (AvgIpc) is 2.18. The van der Waals surface area contributed by atoms with Crippen LogP contribution in [0.1, 0.15) is 26.7 Å². The Hall–Kier alpha value is -0.110. The van der Waals surface area contributed by atoms with Gasteiger partial charge >= 0.3 is 0 Å². The third-order valence-electron chi connectivity index (χ3n) is 3.60. The van der Waals surface area contributed by atoms with Crippen LogP contribution in [0.4, 0.5) is 0 Å². The molecule has 0 saturated heterocycles. The number of halogens is 1. The molecular formula is C10H13BrO. The smallest absolute Gasteiger partial charge is 0.173 e. The Bertz CT molecular complexity index is 265. The van der Waals surface area contributed by atoms with Crippen molar-refractivity contribution in [2.24, 2.45) is 17.3 Å². The van der Waals surface area contributed by atoms with Gasteiger partial charge < -0.3 is 0 Å². The molecule has 0 unspecified atom stereocenters. The second-order valence-electron chi connectivity index (χ2n) is 4.46. The van der Waals surface area contributed by atoms with Crippen molar-refractivity contribution in [3.8, 4) is 0 Å². The summed E-state index contributed by atoms with van der Waals surface area (Å²) in [5.41, 5.74) is 0.239. The molecule has 0 aromatic rings. The Balaban J connectivity index is 2.33. The minimum Gasteiger partial charge on any atom is -0.293 e. The largest absolute Gasteiger partial charge is 0.293 e. The summed E-state index contributed by atoms with van der Waals surface area (Å²) in [5.74, 6) is 1.31. The van der Waals surface area contributed by atoms with E-state index in [1.807, 2.05) is 6.08 Å². The van der Waals surface area contributed by atoms with Crippen molar-refractivity contribution in [2.75, 3.05) is 0 Å². The summed E-state index contributed by atoms with van der Waals surface area (Å²) in [5, 5.41) is 0. The fourth-order valence-electron chi connectivity index (χ4n) is 2.37. The zero-order valence-corrected chi connectivity index (χ0v) is 9.02. The predicted octanol–water partition coefficient (Wildman–Crippen LogP) is 2.90. The third kappa shape index (κ3) is 0.936. The van der Waals surface area contributed by atoms with Crippen LogP contribution >= 0.6 is 15.9 Å². The number of Topliss-reactive ketones (excluding diaryl/α,β-unsaturated/α-hetero) is 1. The van der Waals surface area contributed by atoms with E-state index >= 15 is 0 Å². The second kappa shape index (κ2) is 2.44. The van der Waals surface area contributed by atoms with Gasteiger partial charge in [-0.25, -0.2) is 0 Å². The van der Waals surface area contributed by atoms with E-state index < -0.39 is 0 Å². The van der Waals surface area contributed by atoms with Crippen LogP contribution in [-0.2, 0) is 4.79 Å². The van der Waals surface area contributed by atoms with Crippen LogP contribution in [0.15, 0.2) is 10.6 Å². The summed E-state index contributed by atoms with van der Waals surface area (Å²) in [7, 11) is 0. The summed E-state index contributed by atoms with van der Waals surface area (Å²) in [6, 6.07) is 0. The van der Waals surface area contributed by atoms with Crippen molar-refractivity contribution in [3.63, 3.8) is 0 Å². The van der Waals surface area contributed by atoms with E-state index in [0.717, 1.165) is 23.2 Å². The lowest BCUT2D eigenvalue weighted by Crippen LogP contribution is -2.47. The van der Waals surface area contributed by atoms with E-state index in [-0.39, 0.29) is 11.3 Å². The van der Waals surface area contributed by atoms with Crippen molar-refractivity contribution in [1.82, 2.24) is 0 Å². The summed E-state index contributed by atoms with van der Waals surface area (Å²) < 4.78 is 0.806. The van der Waals surface area contributed by atoms with Gasteiger partial charge in [0.25, 0.3) is 0 Å². The Labute approximate surface area is 81.4 Å². The highest BCUT2D eigenvalue weighted by molar-refractivity contribution is 9.12. The number of hydrogen-bond acceptors (Lipinski definition) is 1. The molecule has 1 saturated carbocycles. The standard InChI is InChI=1S/C10H13BrO/c1-10(2)6-3-4-8(11)9(12)7(10)5-6/h4,6-7H,3,5H2,1-2H3/t6-,7-/m0/s1. The minimum absolute atomic E-state index is 0.239. The molecule has 3 aliphatic rings. The number of carbonyl (C=O) groups excluding carboxylic acids is 1. The van der Waals surface area contributed by atoms with E-state index in [4.69, 9.17) is 0 Å². The molecule has 1 nitrogen and oxygen atoms in total. The van der Waals surface area contributed by atoms with Crippen LogP contribution in [0.25, 0.3) is 0 Å². The first-order chi connectivity index (χ1) is 5.53. The molecule has 1 fully saturated rings. The van der Waals surface area contributed by atoms with Crippen LogP contribution < -0.4 is 0 Å². The first-order valence-corrected chi connectivity index (χ1v) is 5.22. The molecule has 2 bridgehead atoms. The molecule has 0 amide bonds. The summed E-state index contributed by atoms with van der Waals surface area (Å²) >= 11 is 3.33. The van der Waals surface area contributed by atoms with Crippen LogP contribution in [-0.4, -0.2) is 5.78 Å². The maximum absolute atomic E-state index is 11.7. The van der Waals surface area contributed by atoms with E-state index in [0.29, 0.717) is 5.78 Å². The average molecular weight is 229 g/mol. The van der Waals surface area contributed by atoms with Gasteiger partial charge in [0.05, 0.1) is 4.48 Å². The zero-order chi connectivity index (χ0) is 8.93. The maximum Gasteiger partial charge on any atom is 0.173 e. The first-order valence-electron chi connectivity index (χ1n) is 4.43. The Morgan fingerprint density at radius 2 is 2.25 bits per heavy atom. The lowest BCUT2D eigenvalue weighted by atomic mass is 9.54. The van der Waals surface area contributed by atoms with Gasteiger partial charge in [0.15, 0.2) is 5.78 Å². The highest BCUT2D eigenvalue weighted by Crippen LogP contribution is 2.56. The molecule has 3 aliphatic carbocycles. The van der Waals surface area contributed by atoms with Crippen molar-refractivity contribution < 1.29 is 4.79 Å². The normalized spacial score (nSPS) is 38.2. The molecule has 0 aromatic heterocycles. The Kier molecular flexibility index (Phi) is 1.73. The van der Waals surface area contributed by atoms with Crippen molar-refractivity contribution in [3.05, 3.63) is 10.6 Å². The third-order valence-corrected chi connectivity index (χ3v) is 4.32. The number of fused-ring (bicyclic) bond motifs is 2. The van der Waals surface area contributed by atoms with Crippen LogP contribution in [0.3, 0.4) is 0 Å². The van der Waals surface area contributed by atoms with Gasteiger partial charge in [-0.2, -0.15) is 0 Å². The fourth-order valence-corrected chi connectivity index (χ4v) is 2.84. The van der Waals surface area contributed by atoms with Crippen molar-refractivity contribution in [2.45, 2.75) is 26.7 Å². The second-order valence-corrected chi connectivity index (χ2v) is 5.31. The summed E-state index contributed by atoms with van der Waals surface area (Å²) in [4.78, 5) is 11.7. The summed E-state index contributed by atoms with van der Waals surface area (Å²) in [6.07, 6.45) is 4.20. The molecule has 0 radical (unpaired) electrons.